The molecule has 0 N–H and O–H groups in total. The quantitative estimate of drug-likeness (QED) is 0.867. The van der Waals surface area contributed by atoms with E-state index in [1.807, 2.05) is 22.9 Å². The van der Waals surface area contributed by atoms with Crippen molar-refractivity contribution in [1.29, 1.82) is 0 Å². The van der Waals surface area contributed by atoms with Crippen molar-refractivity contribution >= 4 is 0 Å². The highest BCUT2D eigenvalue weighted by atomic mass is 16.7. The second-order valence-electron chi connectivity index (χ2n) is 5.66. The Morgan fingerprint density at radius 3 is 2.81 bits per heavy atom. The van der Waals surface area contributed by atoms with Crippen molar-refractivity contribution in [3.8, 4) is 22.9 Å². The largest absolute Gasteiger partial charge is 0.454 e. The maximum Gasteiger partial charge on any atom is 0.231 e. The summed E-state index contributed by atoms with van der Waals surface area (Å²) in [5.74, 6) is 4.06. The van der Waals surface area contributed by atoms with Gasteiger partial charge in [0.05, 0.1) is 0 Å². The summed E-state index contributed by atoms with van der Waals surface area (Å²) >= 11 is 0. The number of fused-ring (bicyclic) bond motifs is 1. The van der Waals surface area contributed by atoms with Crippen LogP contribution < -0.4 is 9.47 Å². The van der Waals surface area contributed by atoms with Gasteiger partial charge in [-0.1, -0.05) is 12.8 Å². The van der Waals surface area contributed by atoms with Crippen molar-refractivity contribution < 1.29 is 9.47 Å². The first-order valence-electron chi connectivity index (χ1n) is 7.70. The van der Waals surface area contributed by atoms with Crippen LogP contribution in [0.4, 0.5) is 0 Å². The number of aromatic nitrogens is 3. The molecule has 5 nitrogen and oxygen atoms in total. The van der Waals surface area contributed by atoms with Gasteiger partial charge in [-0.15, -0.1) is 0 Å². The number of benzene rings is 1. The minimum absolute atomic E-state index is 0.298. The number of aryl methyl sites for hydroxylation is 1. The highest BCUT2D eigenvalue weighted by Crippen LogP contribution is 2.37. The van der Waals surface area contributed by atoms with E-state index < -0.39 is 0 Å². The lowest BCUT2D eigenvalue weighted by Crippen LogP contribution is -2.01. The molecule has 0 atom stereocenters. The van der Waals surface area contributed by atoms with E-state index in [-0.39, 0.29) is 0 Å². The van der Waals surface area contributed by atoms with Gasteiger partial charge in [0.15, 0.2) is 23.1 Å². The summed E-state index contributed by atoms with van der Waals surface area (Å²) in [6.45, 7) is 3.22. The minimum atomic E-state index is 0.298. The Balaban J connectivity index is 1.73. The molecule has 1 aliphatic carbocycles. The fourth-order valence-corrected chi connectivity index (χ4v) is 3.19. The van der Waals surface area contributed by atoms with E-state index in [1.54, 1.807) is 0 Å². The number of nitrogens with zero attached hydrogens (tertiary/aromatic N) is 3. The minimum Gasteiger partial charge on any atom is -0.454 e. The smallest absolute Gasteiger partial charge is 0.231 e. The molecule has 110 valence electrons. The van der Waals surface area contributed by atoms with Crippen molar-refractivity contribution in [2.24, 2.45) is 0 Å². The van der Waals surface area contributed by atoms with Crippen LogP contribution in [0.15, 0.2) is 18.2 Å². The summed E-state index contributed by atoms with van der Waals surface area (Å²) in [5.41, 5.74) is 1.04. The van der Waals surface area contributed by atoms with Crippen LogP contribution in [0.2, 0.25) is 0 Å². The Labute approximate surface area is 123 Å². The molecule has 1 aromatic carbocycles. The van der Waals surface area contributed by atoms with Crippen molar-refractivity contribution in [3.05, 3.63) is 24.0 Å². The Morgan fingerprint density at radius 1 is 1.19 bits per heavy atom. The molecule has 0 unspecified atom stereocenters. The van der Waals surface area contributed by atoms with Crippen LogP contribution in [0, 0.1) is 0 Å². The van der Waals surface area contributed by atoms with Gasteiger partial charge in [-0.2, -0.15) is 5.10 Å². The van der Waals surface area contributed by atoms with E-state index >= 15 is 0 Å². The first kappa shape index (κ1) is 12.7. The molecule has 0 spiro atoms. The summed E-state index contributed by atoms with van der Waals surface area (Å²) in [6.07, 6.45) is 5.03. The van der Waals surface area contributed by atoms with Crippen LogP contribution in [-0.4, -0.2) is 21.6 Å². The van der Waals surface area contributed by atoms with Crippen LogP contribution in [-0.2, 0) is 6.54 Å². The van der Waals surface area contributed by atoms with E-state index in [0.29, 0.717) is 12.7 Å². The molecular weight excluding hydrogens is 266 g/mol. The van der Waals surface area contributed by atoms with Gasteiger partial charge in [0, 0.05) is 18.0 Å². The van der Waals surface area contributed by atoms with Gasteiger partial charge in [0.2, 0.25) is 6.79 Å². The molecule has 0 radical (unpaired) electrons. The van der Waals surface area contributed by atoms with Gasteiger partial charge in [0.1, 0.15) is 0 Å². The molecule has 2 heterocycles. The standard InChI is InChI=1S/C16H19N3O2/c1-2-19-16(17-15(18-19)11-5-3-4-6-11)12-7-8-13-14(9-12)21-10-20-13/h7-9,11H,2-6,10H2,1H3. The molecule has 1 saturated carbocycles. The van der Waals surface area contributed by atoms with Crippen molar-refractivity contribution in [2.75, 3.05) is 6.79 Å². The Kier molecular flexibility index (Phi) is 3.05. The lowest BCUT2D eigenvalue weighted by molar-refractivity contribution is 0.174. The topological polar surface area (TPSA) is 49.2 Å². The van der Waals surface area contributed by atoms with Crippen LogP contribution >= 0.6 is 0 Å². The maximum atomic E-state index is 5.46. The number of ether oxygens (including phenoxy) is 2. The number of rotatable bonds is 3. The van der Waals surface area contributed by atoms with E-state index in [4.69, 9.17) is 19.6 Å². The van der Waals surface area contributed by atoms with E-state index in [0.717, 1.165) is 35.3 Å². The van der Waals surface area contributed by atoms with Crippen LogP contribution in [0.5, 0.6) is 11.5 Å². The van der Waals surface area contributed by atoms with Gasteiger partial charge >= 0.3 is 0 Å². The van der Waals surface area contributed by atoms with Crippen LogP contribution in [0.25, 0.3) is 11.4 Å². The molecule has 0 amide bonds. The molecule has 1 aliphatic heterocycles. The van der Waals surface area contributed by atoms with E-state index in [1.165, 1.54) is 25.7 Å². The highest BCUT2D eigenvalue weighted by molar-refractivity contribution is 5.62. The predicted molar refractivity (Wildman–Crippen MR) is 78.5 cm³/mol. The fraction of sp³-hybridized carbons (Fsp3) is 0.500. The van der Waals surface area contributed by atoms with Gasteiger partial charge < -0.3 is 9.47 Å². The third kappa shape index (κ3) is 2.17. The zero-order chi connectivity index (χ0) is 14.2. The van der Waals surface area contributed by atoms with Crippen LogP contribution in [0.3, 0.4) is 0 Å². The SMILES string of the molecule is CCn1nc(C2CCCC2)nc1-c1ccc2c(c1)OCO2. The molecule has 1 fully saturated rings. The monoisotopic (exact) mass is 285 g/mol. The lowest BCUT2D eigenvalue weighted by Gasteiger charge is -2.03. The summed E-state index contributed by atoms with van der Waals surface area (Å²) < 4.78 is 12.8. The normalized spacial score (nSPS) is 17.6. The fourth-order valence-electron chi connectivity index (χ4n) is 3.19. The van der Waals surface area contributed by atoms with E-state index in [2.05, 4.69) is 6.92 Å². The summed E-state index contributed by atoms with van der Waals surface area (Å²) in [7, 11) is 0. The maximum absolute atomic E-state index is 5.46. The number of hydrogen-bond acceptors (Lipinski definition) is 4. The molecular formula is C16H19N3O2. The highest BCUT2D eigenvalue weighted by Gasteiger charge is 2.24. The predicted octanol–water partition coefficient (Wildman–Crippen LogP) is 3.35. The molecule has 2 aliphatic rings. The van der Waals surface area contributed by atoms with Gasteiger partial charge in [-0.25, -0.2) is 9.67 Å². The van der Waals surface area contributed by atoms with Crippen molar-refractivity contribution in [2.45, 2.75) is 45.1 Å². The molecule has 0 saturated heterocycles. The average molecular weight is 285 g/mol. The molecule has 1 aromatic heterocycles. The molecule has 0 bridgehead atoms. The Morgan fingerprint density at radius 2 is 2.00 bits per heavy atom. The van der Waals surface area contributed by atoms with E-state index in [9.17, 15) is 0 Å². The molecule has 5 heteroatoms. The molecule has 4 rings (SSSR count). The summed E-state index contributed by atoms with van der Waals surface area (Å²) in [6, 6.07) is 5.97. The first-order chi connectivity index (χ1) is 10.3. The average Bonchev–Trinajstić information content (AvgIpc) is 3.24. The Bertz CT molecular complexity index is 660. The van der Waals surface area contributed by atoms with Crippen molar-refractivity contribution in [3.63, 3.8) is 0 Å². The zero-order valence-corrected chi connectivity index (χ0v) is 12.2. The third-order valence-electron chi connectivity index (χ3n) is 4.34. The summed E-state index contributed by atoms with van der Waals surface area (Å²) in [4.78, 5) is 4.81. The lowest BCUT2D eigenvalue weighted by atomic mass is 10.1. The van der Waals surface area contributed by atoms with Gasteiger partial charge in [-0.05, 0) is 38.0 Å². The molecule has 21 heavy (non-hydrogen) atoms. The zero-order valence-electron chi connectivity index (χ0n) is 12.2. The number of hydrogen-bond donors (Lipinski definition) is 0. The summed E-state index contributed by atoms with van der Waals surface area (Å²) in [5, 5.41) is 4.71. The Hall–Kier alpha value is -2.04. The van der Waals surface area contributed by atoms with Crippen LogP contribution in [0.1, 0.15) is 44.3 Å². The second kappa shape index (κ2) is 5.06. The van der Waals surface area contributed by atoms with Gasteiger partial charge in [-0.3, -0.25) is 0 Å². The van der Waals surface area contributed by atoms with Crippen molar-refractivity contribution in [1.82, 2.24) is 14.8 Å². The van der Waals surface area contributed by atoms with Gasteiger partial charge in [0.25, 0.3) is 0 Å². The molecule has 2 aromatic rings. The third-order valence-corrected chi connectivity index (χ3v) is 4.34. The first-order valence-corrected chi connectivity index (χ1v) is 7.70. The second-order valence-corrected chi connectivity index (χ2v) is 5.66.